The van der Waals surface area contributed by atoms with Gasteiger partial charge in [-0.1, -0.05) is 190 Å². The Labute approximate surface area is 534 Å². The molecule has 13 aromatic carbocycles. The van der Waals surface area contributed by atoms with Crippen LogP contribution in [0.25, 0.3) is 98.8 Å². The van der Waals surface area contributed by atoms with Crippen LogP contribution in [0.5, 0.6) is 0 Å². The Hall–Kier alpha value is -12.0. The van der Waals surface area contributed by atoms with E-state index < -0.39 is 5.41 Å². The van der Waals surface area contributed by atoms with Crippen molar-refractivity contribution in [3.63, 3.8) is 0 Å². The van der Waals surface area contributed by atoms with Crippen LogP contribution in [-0.4, -0.2) is 15.0 Å². The van der Waals surface area contributed by atoms with Crippen molar-refractivity contribution in [3.05, 3.63) is 339 Å². The van der Waals surface area contributed by atoms with E-state index in [1.807, 2.05) is 36.8 Å². The summed E-state index contributed by atoms with van der Waals surface area (Å²) in [7, 11) is 0. The highest BCUT2D eigenvalue weighted by Gasteiger charge is 2.38. The fourth-order valence-corrected chi connectivity index (χ4v) is 14.2. The van der Waals surface area contributed by atoms with Gasteiger partial charge in [0.2, 0.25) is 0 Å². The first-order chi connectivity index (χ1) is 45.4. The van der Waals surface area contributed by atoms with Crippen molar-refractivity contribution in [2.24, 2.45) is 0 Å². The van der Waals surface area contributed by atoms with Crippen molar-refractivity contribution in [2.75, 3.05) is 14.7 Å². The number of pyridine rings is 3. The zero-order valence-electron chi connectivity index (χ0n) is 50.9. The van der Waals surface area contributed by atoms with Gasteiger partial charge in [0.05, 0.1) is 27.9 Å². The summed E-state index contributed by atoms with van der Waals surface area (Å²) in [5, 5.41) is 7.63. The van der Waals surface area contributed by atoms with Crippen LogP contribution in [-0.2, 0) is 5.41 Å². The van der Waals surface area contributed by atoms with Crippen LogP contribution in [0.4, 0.5) is 51.2 Å². The summed E-state index contributed by atoms with van der Waals surface area (Å²) in [5.41, 5.74) is 23.6. The topological polar surface area (TPSA) is 48.4 Å². The van der Waals surface area contributed by atoms with E-state index in [2.05, 4.69) is 320 Å². The van der Waals surface area contributed by atoms with Crippen LogP contribution in [0, 0.1) is 0 Å². The van der Waals surface area contributed by atoms with E-state index in [1.54, 1.807) is 0 Å². The molecule has 6 nitrogen and oxygen atoms in total. The van der Waals surface area contributed by atoms with E-state index in [-0.39, 0.29) is 0 Å². The van der Waals surface area contributed by atoms with Gasteiger partial charge in [0.25, 0.3) is 0 Å². The molecule has 0 atom stereocenters. The minimum atomic E-state index is -0.468. The molecular weight excluding hydrogens is 1120 g/mol. The lowest BCUT2D eigenvalue weighted by Crippen LogP contribution is -2.17. The van der Waals surface area contributed by atoms with Gasteiger partial charge in [-0.05, 0) is 189 Å². The lowest BCUT2D eigenvalue weighted by Gasteiger charge is -2.34. The Morgan fingerprint density at radius 3 is 1.03 bits per heavy atom. The van der Waals surface area contributed by atoms with E-state index in [9.17, 15) is 0 Å². The monoisotopic (exact) mass is 1180 g/mol. The highest BCUT2D eigenvalue weighted by atomic mass is 15.2. The lowest BCUT2D eigenvalue weighted by molar-refractivity contribution is 0.661. The second-order valence-electron chi connectivity index (χ2n) is 24.4. The molecule has 434 valence electrons. The van der Waals surface area contributed by atoms with E-state index in [4.69, 9.17) is 15.0 Å². The van der Waals surface area contributed by atoms with Gasteiger partial charge in [-0.25, -0.2) is 0 Å². The maximum atomic E-state index is 4.83. The van der Waals surface area contributed by atoms with Crippen LogP contribution < -0.4 is 14.7 Å². The van der Waals surface area contributed by atoms with E-state index >= 15 is 0 Å². The number of hydrogen-bond acceptors (Lipinski definition) is 6. The summed E-state index contributed by atoms with van der Waals surface area (Å²) in [4.78, 5) is 21.8. The second kappa shape index (κ2) is 22.2. The lowest BCUT2D eigenvalue weighted by atomic mass is 9.81. The van der Waals surface area contributed by atoms with Crippen LogP contribution in [0.3, 0.4) is 0 Å². The SMILES string of the molecule is CC1(C)c2cc(N(c3cccc(-c4ccccc4)c3)c3ccc4ncccc4c3)ccc2-c2cc3c(N(c4cccc(-c5ccccc5)c4)c4ccc5ncccc5c4)c4ccccc4c(N(c4cccc(-c5ccccc5)c4)c4ccc5ncccc5c4)c3cc21. The Bertz CT molecular complexity index is 5530. The summed E-state index contributed by atoms with van der Waals surface area (Å²) in [6, 6.07) is 113. The first-order valence-corrected chi connectivity index (χ1v) is 31.5. The molecule has 0 radical (unpaired) electrons. The Morgan fingerprint density at radius 2 is 0.587 bits per heavy atom. The fourth-order valence-electron chi connectivity index (χ4n) is 14.2. The predicted octanol–water partition coefficient (Wildman–Crippen LogP) is 23.4. The first-order valence-electron chi connectivity index (χ1n) is 31.5. The summed E-state index contributed by atoms with van der Waals surface area (Å²) in [5.74, 6) is 0. The summed E-state index contributed by atoms with van der Waals surface area (Å²) in [6.45, 7) is 4.83. The number of nitrogens with zero attached hydrogens (tertiary/aromatic N) is 6. The predicted molar refractivity (Wildman–Crippen MR) is 385 cm³/mol. The van der Waals surface area contributed by atoms with Gasteiger partial charge in [-0.15, -0.1) is 0 Å². The molecule has 3 aromatic heterocycles. The van der Waals surface area contributed by atoms with Gasteiger partial charge in [-0.2, -0.15) is 0 Å². The third-order valence-electron chi connectivity index (χ3n) is 18.6. The van der Waals surface area contributed by atoms with Crippen molar-refractivity contribution in [1.29, 1.82) is 0 Å². The molecule has 1 aliphatic rings. The maximum absolute atomic E-state index is 4.83. The summed E-state index contributed by atoms with van der Waals surface area (Å²) >= 11 is 0. The molecule has 0 amide bonds. The molecule has 3 heterocycles. The normalized spacial score (nSPS) is 12.3. The number of fused-ring (bicyclic) bond motifs is 8. The van der Waals surface area contributed by atoms with Gasteiger partial charge in [0.15, 0.2) is 0 Å². The van der Waals surface area contributed by atoms with E-state index in [0.29, 0.717) is 0 Å². The van der Waals surface area contributed by atoms with Crippen LogP contribution in [0.15, 0.2) is 328 Å². The standard InChI is InChI=1S/C86H60N6/c1-86(2)79-54-72(90(69-38-42-81-63(51-69)29-17-45-87-81)66-32-14-26-60(48-66)57-20-6-3-7-21-57)37-41-73(79)76-55-77-78(56-80(76)86)85(92(71-40-44-83-65(53-71)31-19-47-89-83)68-34-16-28-62(50-68)59-24-10-5-11-25-59)75-36-13-12-35-74(75)84(77)91(70-39-43-82-64(52-70)30-18-46-88-82)67-33-15-27-61(49-67)58-22-8-4-9-23-58/h3-56H,1-2H3. The third kappa shape index (κ3) is 9.39. The zero-order valence-corrected chi connectivity index (χ0v) is 50.9. The molecule has 92 heavy (non-hydrogen) atoms. The molecular formula is C86H60N6. The van der Waals surface area contributed by atoms with Gasteiger partial charge in [0.1, 0.15) is 0 Å². The van der Waals surface area contributed by atoms with E-state index in [1.165, 1.54) is 27.8 Å². The van der Waals surface area contributed by atoms with Crippen LogP contribution in [0.1, 0.15) is 25.0 Å². The maximum Gasteiger partial charge on any atom is 0.0703 e. The highest BCUT2D eigenvalue weighted by Crippen LogP contribution is 2.58. The highest BCUT2D eigenvalue weighted by molar-refractivity contribution is 6.25. The van der Waals surface area contributed by atoms with Crippen LogP contribution >= 0.6 is 0 Å². The molecule has 0 fully saturated rings. The number of aromatic nitrogens is 3. The smallest absolute Gasteiger partial charge is 0.0703 e. The molecule has 16 aromatic rings. The molecule has 0 saturated carbocycles. The molecule has 0 unspecified atom stereocenters. The van der Waals surface area contributed by atoms with Gasteiger partial charge in [-0.3, -0.25) is 15.0 Å². The van der Waals surface area contributed by atoms with Crippen molar-refractivity contribution in [1.82, 2.24) is 15.0 Å². The number of rotatable bonds is 12. The molecule has 0 aliphatic heterocycles. The Kier molecular flexibility index (Phi) is 13.1. The zero-order chi connectivity index (χ0) is 61.3. The van der Waals surface area contributed by atoms with Crippen molar-refractivity contribution in [3.8, 4) is 44.5 Å². The van der Waals surface area contributed by atoms with Crippen molar-refractivity contribution in [2.45, 2.75) is 19.3 Å². The quantitative estimate of drug-likeness (QED) is 0.0897. The second-order valence-corrected chi connectivity index (χ2v) is 24.4. The van der Waals surface area contributed by atoms with Gasteiger partial charge < -0.3 is 14.7 Å². The summed E-state index contributed by atoms with van der Waals surface area (Å²) in [6.07, 6.45) is 5.62. The molecule has 0 saturated heterocycles. The van der Waals surface area contributed by atoms with Gasteiger partial charge in [0, 0.05) is 102 Å². The molecule has 1 aliphatic carbocycles. The number of anilines is 9. The Morgan fingerprint density at radius 1 is 0.239 bits per heavy atom. The summed E-state index contributed by atoms with van der Waals surface area (Å²) < 4.78 is 0. The average molecular weight is 1180 g/mol. The number of benzene rings is 13. The van der Waals surface area contributed by atoms with Crippen molar-refractivity contribution >= 4 is 105 Å². The molecule has 17 rings (SSSR count). The molecule has 0 spiro atoms. The van der Waals surface area contributed by atoms with E-state index in [0.717, 1.165) is 133 Å². The third-order valence-corrected chi connectivity index (χ3v) is 18.6. The minimum Gasteiger partial charge on any atom is -0.310 e. The minimum absolute atomic E-state index is 0.468. The van der Waals surface area contributed by atoms with Crippen LogP contribution in [0.2, 0.25) is 0 Å². The van der Waals surface area contributed by atoms with Gasteiger partial charge >= 0.3 is 0 Å². The Balaban J connectivity index is 0.959. The molecule has 0 N–H and O–H groups in total. The van der Waals surface area contributed by atoms with Crippen molar-refractivity contribution < 1.29 is 0 Å². The number of hydrogen-bond donors (Lipinski definition) is 0. The largest absolute Gasteiger partial charge is 0.310 e. The average Bonchev–Trinajstić information content (AvgIpc) is 1.50. The first kappa shape index (κ1) is 54.2. The molecule has 6 heteroatoms. The molecule has 0 bridgehead atoms. The fraction of sp³-hybridized carbons (Fsp3) is 0.0349.